The van der Waals surface area contributed by atoms with Crippen molar-refractivity contribution in [2.24, 2.45) is 0 Å². The van der Waals surface area contributed by atoms with Gasteiger partial charge in [-0.25, -0.2) is 4.79 Å². The van der Waals surface area contributed by atoms with Crippen LogP contribution < -0.4 is 16.6 Å². The molecule has 0 saturated heterocycles. The fourth-order valence-electron chi connectivity index (χ4n) is 2.01. The number of rotatable bonds is 8. The van der Waals surface area contributed by atoms with Gasteiger partial charge in [0.05, 0.1) is 0 Å². The Kier molecular flexibility index (Phi) is 7.10. The molecule has 1 amide bonds. The van der Waals surface area contributed by atoms with Gasteiger partial charge in [0.1, 0.15) is 5.69 Å². The molecule has 208 valence electrons. The van der Waals surface area contributed by atoms with Crippen molar-refractivity contribution in [2.75, 3.05) is 5.32 Å². The van der Waals surface area contributed by atoms with E-state index in [0.29, 0.717) is 5.32 Å². The quantitative estimate of drug-likeness (QED) is 0.411. The molecule has 0 aliphatic rings. The highest BCUT2D eigenvalue weighted by Gasteiger charge is 2.95. The Balaban J connectivity index is 3.62. The summed E-state index contributed by atoms with van der Waals surface area (Å²) in [5.74, 6) is -62.9. The summed E-state index contributed by atoms with van der Waals surface area (Å²) in [5, 5.41) is 0.355. The van der Waals surface area contributed by atoms with Gasteiger partial charge in [-0.1, -0.05) is 0 Å². The van der Waals surface area contributed by atoms with Crippen LogP contribution in [0.1, 0.15) is 0 Å². The molecule has 0 spiro atoms. The van der Waals surface area contributed by atoms with Gasteiger partial charge in [0.2, 0.25) is 0 Å². The molecule has 0 aliphatic heterocycles. The maximum Gasteiger partial charge on any atom is 0.460 e. The van der Waals surface area contributed by atoms with Crippen LogP contribution >= 0.6 is 0 Å². The van der Waals surface area contributed by atoms with E-state index in [1.54, 1.807) is 0 Å². The third kappa shape index (κ3) is 4.04. The number of carbonyl (C=O) groups is 1. The second-order valence-electron chi connectivity index (χ2n) is 6.46. The number of anilines is 1. The summed E-state index contributed by atoms with van der Waals surface area (Å²) < 4.78 is 223. The maximum absolute atomic E-state index is 13.7. The number of amides is 1. The Labute approximate surface area is 182 Å². The predicted octanol–water partition coefficient (Wildman–Crippen LogP) is 4.01. The van der Waals surface area contributed by atoms with Crippen LogP contribution in [0, 0.1) is 0 Å². The molecule has 0 fully saturated rings. The van der Waals surface area contributed by atoms with E-state index in [0.717, 1.165) is 4.98 Å². The van der Waals surface area contributed by atoms with E-state index in [1.165, 1.54) is 4.98 Å². The number of carbonyl (C=O) groups excluding carboxylic acids is 1. The minimum absolute atomic E-state index is 0.0754. The molecule has 1 aromatic rings. The number of aromatic amines is 2. The third-order valence-electron chi connectivity index (χ3n) is 4.07. The van der Waals surface area contributed by atoms with E-state index in [1.807, 2.05) is 0 Å². The summed E-state index contributed by atoms with van der Waals surface area (Å²) in [4.78, 5) is 35.7. The molecular formula is C13H4F17N3O3. The fourth-order valence-corrected chi connectivity index (χ4v) is 2.01. The highest BCUT2D eigenvalue weighted by atomic mass is 19.4. The van der Waals surface area contributed by atoms with Crippen molar-refractivity contribution in [2.45, 2.75) is 47.6 Å². The Morgan fingerprint density at radius 1 is 0.611 bits per heavy atom. The predicted molar refractivity (Wildman–Crippen MR) is 77.0 cm³/mol. The van der Waals surface area contributed by atoms with Gasteiger partial charge in [-0.3, -0.25) is 14.6 Å². The van der Waals surface area contributed by atoms with Gasteiger partial charge < -0.3 is 10.3 Å². The van der Waals surface area contributed by atoms with Gasteiger partial charge in [-0.05, 0) is 0 Å². The minimum Gasteiger partial charge on any atom is -0.315 e. The van der Waals surface area contributed by atoms with Crippen molar-refractivity contribution < 1.29 is 79.4 Å². The summed E-state index contributed by atoms with van der Waals surface area (Å²) in [6.45, 7) is 0. The number of H-pyrrole nitrogens is 2. The van der Waals surface area contributed by atoms with Gasteiger partial charge in [-0.15, -0.1) is 0 Å². The first kappa shape index (κ1) is 31.0. The highest BCUT2D eigenvalue weighted by molar-refractivity contribution is 5.96. The molecule has 1 rings (SSSR count). The fraction of sp³-hybridized carbons (Fsp3) is 0.615. The Hall–Kier alpha value is -3.04. The zero-order chi connectivity index (χ0) is 29.1. The van der Waals surface area contributed by atoms with Crippen LogP contribution in [0.3, 0.4) is 0 Å². The van der Waals surface area contributed by atoms with Gasteiger partial charge in [0.15, 0.2) is 0 Å². The first-order valence-electron chi connectivity index (χ1n) is 7.90. The second-order valence-corrected chi connectivity index (χ2v) is 6.46. The summed E-state index contributed by atoms with van der Waals surface area (Å²) in [5.41, 5.74) is -5.10. The summed E-state index contributed by atoms with van der Waals surface area (Å²) in [6, 6.07) is 0. The van der Waals surface area contributed by atoms with E-state index in [4.69, 9.17) is 0 Å². The Bertz CT molecular complexity index is 1120. The van der Waals surface area contributed by atoms with Crippen molar-refractivity contribution in [1.29, 1.82) is 0 Å². The lowest BCUT2D eigenvalue weighted by molar-refractivity contribution is -0.459. The lowest BCUT2D eigenvalue weighted by Gasteiger charge is -2.42. The number of alkyl halides is 17. The molecule has 23 heteroatoms. The molecular weight excluding hydrogens is 569 g/mol. The topological polar surface area (TPSA) is 94.8 Å². The molecule has 3 N–H and O–H groups in total. The van der Waals surface area contributed by atoms with Crippen molar-refractivity contribution in [3.8, 4) is 0 Å². The first-order chi connectivity index (χ1) is 15.6. The van der Waals surface area contributed by atoms with Crippen molar-refractivity contribution in [3.05, 3.63) is 27.0 Å². The standard InChI is InChI=1S/C13H4F17N3O3/c14-6(15,4(35)32-2-1-31-5(36)33-3(2)34)7(16,17)8(18,19)9(20,21)10(22,23)11(24,25)12(26,27)13(28,29)30/h1H,(H,32,35)(H2,31,33,34,36). The van der Waals surface area contributed by atoms with Gasteiger partial charge >= 0.3 is 59.2 Å². The smallest absolute Gasteiger partial charge is 0.315 e. The van der Waals surface area contributed by atoms with Gasteiger partial charge in [0, 0.05) is 6.20 Å². The average Bonchev–Trinajstić information content (AvgIpc) is 2.68. The zero-order valence-electron chi connectivity index (χ0n) is 15.7. The molecule has 6 nitrogen and oxygen atoms in total. The number of nitrogens with one attached hydrogen (secondary N) is 3. The van der Waals surface area contributed by atoms with Crippen LogP contribution in [0.5, 0.6) is 0 Å². The summed E-state index contributed by atoms with van der Waals surface area (Å²) >= 11 is 0. The molecule has 36 heavy (non-hydrogen) atoms. The molecule has 1 heterocycles. The van der Waals surface area contributed by atoms with Crippen LogP contribution in [0.4, 0.5) is 80.3 Å². The summed E-state index contributed by atoms with van der Waals surface area (Å²) in [7, 11) is 0. The Morgan fingerprint density at radius 3 is 1.33 bits per heavy atom. The summed E-state index contributed by atoms with van der Waals surface area (Å²) in [6.07, 6.45) is -7.96. The zero-order valence-corrected chi connectivity index (χ0v) is 15.7. The van der Waals surface area contributed by atoms with E-state index in [9.17, 15) is 89.0 Å². The van der Waals surface area contributed by atoms with Crippen molar-refractivity contribution >= 4 is 11.6 Å². The number of hydrogen-bond acceptors (Lipinski definition) is 3. The van der Waals surface area contributed by atoms with Crippen LogP contribution in [0.25, 0.3) is 0 Å². The highest BCUT2D eigenvalue weighted by Crippen LogP contribution is 2.63. The number of halogens is 17. The molecule has 0 atom stereocenters. The van der Waals surface area contributed by atoms with E-state index in [2.05, 4.69) is 0 Å². The average molecular weight is 573 g/mol. The lowest BCUT2D eigenvalue weighted by atomic mass is 9.89. The van der Waals surface area contributed by atoms with Crippen LogP contribution in [-0.4, -0.2) is 63.5 Å². The van der Waals surface area contributed by atoms with Crippen molar-refractivity contribution in [1.82, 2.24) is 9.97 Å². The van der Waals surface area contributed by atoms with Gasteiger partial charge in [-0.2, -0.15) is 74.6 Å². The van der Waals surface area contributed by atoms with Gasteiger partial charge in [0.25, 0.3) is 5.56 Å². The van der Waals surface area contributed by atoms with Crippen LogP contribution in [0.2, 0.25) is 0 Å². The minimum atomic E-state index is -8.85. The molecule has 0 aliphatic carbocycles. The van der Waals surface area contributed by atoms with E-state index < -0.39 is 70.5 Å². The normalized spacial score (nSPS) is 15.1. The van der Waals surface area contributed by atoms with Crippen LogP contribution in [-0.2, 0) is 4.79 Å². The SMILES string of the molecule is O=C(Nc1c[nH]c(=O)[nH]c1=O)C(F)(F)C(F)(F)C(F)(F)C(F)(F)C(F)(F)C(F)(F)C(F)(F)C(F)(F)F. The monoisotopic (exact) mass is 573 g/mol. The molecule has 0 bridgehead atoms. The maximum atomic E-state index is 13.7. The molecule has 0 saturated carbocycles. The number of hydrogen-bond donors (Lipinski definition) is 3. The Morgan fingerprint density at radius 2 is 0.972 bits per heavy atom. The number of aromatic nitrogens is 2. The lowest BCUT2D eigenvalue weighted by Crippen LogP contribution is -2.75. The second kappa shape index (κ2) is 8.24. The molecule has 0 unspecified atom stereocenters. The first-order valence-corrected chi connectivity index (χ1v) is 7.90. The van der Waals surface area contributed by atoms with E-state index >= 15 is 0 Å². The largest absolute Gasteiger partial charge is 0.460 e. The third-order valence-corrected chi connectivity index (χ3v) is 4.07. The molecule has 1 aromatic heterocycles. The molecule has 0 aromatic carbocycles. The molecule has 0 radical (unpaired) electrons. The van der Waals surface area contributed by atoms with E-state index in [-0.39, 0.29) is 6.20 Å². The van der Waals surface area contributed by atoms with Crippen LogP contribution in [0.15, 0.2) is 15.8 Å². The van der Waals surface area contributed by atoms with Crippen molar-refractivity contribution in [3.63, 3.8) is 0 Å².